The summed E-state index contributed by atoms with van der Waals surface area (Å²) in [5.41, 5.74) is 0. The number of hydrogen-bond donors (Lipinski definition) is 0. The van der Waals surface area contributed by atoms with Crippen molar-refractivity contribution in [1.29, 1.82) is 0 Å². The van der Waals surface area contributed by atoms with E-state index in [-0.39, 0.29) is 7.12 Å². The molecule has 0 N–H and O–H groups in total. The Morgan fingerprint density at radius 3 is 2.04 bits per heavy atom. The summed E-state index contributed by atoms with van der Waals surface area (Å²) in [4.78, 5) is 0. The first-order valence-corrected chi connectivity index (χ1v) is 10.7. The molecule has 0 radical (unpaired) electrons. The zero-order valence-electron chi connectivity index (χ0n) is 15.6. The van der Waals surface area contributed by atoms with Gasteiger partial charge in [0.15, 0.2) is 0 Å². The molecule has 0 heterocycles. The van der Waals surface area contributed by atoms with E-state index in [0.29, 0.717) is 11.9 Å². The van der Waals surface area contributed by atoms with Crippen molar-refractivity contribution in [3.63, 3.8) is 0 Å². The van der Waals surface area contributed by atoms with Gasteiger partial charge in [-0.05, 0) is 25.1 Å². The molecule has 2 fully saturated rings. The quantitative estimate of drug-likeness (QED) is 0.318. The predicted molar refractivity (Wildman–Crippen MR) is 99.9 cm³/mol. The third kappa shape index (κ3) is 8.07. The van der Waals surface area contributed by atoms with Crippen LogP contribution in [-0.2, 0) is 9.31 Å². The highest BCUT2D eigenvalue weighted by Crippen LogP contribution is 2.34. The summed E-state index contributed by atoms with van der Waals surface area (Å²) in [6.45, 7) is 3.18. The Morgan fingerprint density at radius 1 is 0.739 bits per heavy atom. The molecule has 23 heavy (non-hydrogen) atoms. The molecular formula is C20H39BO2. The molecule has 2 saturated carbocycles. The summed E-state index contributed by atoms with van der Waals surface area (Å²) < 4.78 is 12.7. The minimum atomic E-state index is 0.0917. The summed E-state index contributed by atoms with van der Waals surface area (Å²) in [5.74, 6) is 0.658. The second-order valence-corrected chi connectivity index (χ2v) is 7.80. The molecule has 0 atom stereocenters. The first kappa shape index (κ1) is 19.3. The summed E-state index contributed by atoms with van der Waals surface area (Å²) in [7, 11) is 0.0917. The van der Waals surface area contributed by atoms with Gasteiger partial charge < -0.3 is 9.31 Å². The Kier molecular flexibility index (Phi) is 10.4. The smallest absolute Gasteiger partial charge is 0.411 e. The molecule has 0 unspecified atom stereocenters. The fourth-order valence-corrected chi connectivity index (χ4v) is 4.17. The molecule has 0 bridgehead atoms. The lowest BCUT2D eigenvalue weighted by molar-refractivity contribution is 0.0961. The average Bonchev–Trinajstić information content (AvgIpc) is 2.61. The van der Waals surface area contributed by atoms with Gasteiger partial charge in [-0.1, -0.05) is 90.4 Å². The summed E-state index contributed by atoms with van der Waals surface area (Å²) in [5, 5.41) is 0. The topological polar surface area (TPSA) is 18.5 Å². The first-order valence-electron chi connectivity index (χ1n) is 10.7. The summed E-state index contributed by atoms with van der Waals surface area (Å²) >= 11 is 0. The Labute approximate surface area is 145 Å². The summed E-state index contributed by atoms with van der Waals surface area (Å²) in [6, 6.07) is 0. The fraction of sp³-hybridized carbons (Fsp3) is 1.00. The Morgan fingerprint density at radius 2 is 1.35 bits per heavy atom. The number of unbranched alkanes of at least 4 members (excludes halogenated alkanes) is 5. The molecule has 0 amide bonds. The van der Waals surface area contributed by atoms with Gasteiger partial charge in [-0.15, -0.1) is 0 Å². The molecule has 0 aromatic heterocycles. The highest BCUT2D eigenvalue weighted by atomic mass is 16.6. The Balaban J connectivity index is 1.67. The standard InChI is InChI=1S/C20H39BO2/c1-2-3-4-5-6-13-18-22-21(19-14-9-7-10-15-19)23-20-16-11-8-12-17-20/h19-20H,2-18H2,1H3. The maximum atomic E-state index is 6.45. The van der Waals surface area contributed by atoms with E-state index < -0.39 is 0 Å². The highest BCUT2D eigenvalue weighted by Gasteiger charge is 2.33. The van der Waals surface area contributed by atoms with E-state index in [1.165, 1.54) is 103 Å². The van der Waals surface area contributed by atoms with Crippen LogP contribution in [0.5, 0.6) is 0 Å². The lowest BCUT2D eigenvalue weighted by Gasteiger charge is -2.31. The van der Waals surface area contributed by atoms with Crippen LogP contribution in [0.3, 0.4) is 0 Å². The van der Waals surface area contributed by atoms with Crippen molar-refractivity contribution in [1.82, 2.24) is 0 Å². The molecule has 2 aliphatic carbocycles. The van der Waals surface area contributed by atoms with E-state index >= 15 is 0 Å². The van der Waals surface area contributed by atoms with Crippen molar-refractivity contribution in [3.8, 4) is 0 Å². The van der Waals surface area contributed by atoms with Crippen molar-refractivity contribution >= 4 is 7.12 Å². The zero-order chi connectivity index (χ0) is 16.2. The molecule has 134 valence electrons. The SMILES string of the molecule is CCCCCCCCOB(OC1CCCCC1)C1CCCCC1. The molecule has 2 aliphatic rings. The maximum absolute atomic E-state index is 6.45. The third-order valence-electron chi connectivity index (χ3n) is 5.69. The molecule has 0 aliphatic heterocycles. The van der Waals surface area contributed by atoms with Crippen LogP contribution in [0.4, 0.5) is 0 Å². The molecule has 0 aromatic rings. The Bertz CT molecular complexity index is 273. The van der Waals surface area contributed by atoms with Crippen LogP contribution in [0, 0.1) is 0 Å². The van der Waals surface area contributed by atoms with E-state index in [0.717, 1.165) is 6.61 Å². The van der Waals surface area contributed by atoms with Crippen LogP contribution in [0.15, 0.2) is 0 Å². The largest absolute Gasteiger partial charge is 0.460 e. The van der Waals surface area contributed by atoms with Crippen molar-refractivity contribution in [2.75, 3.05) is 6.61 Å². The molecular weight excluding hydrogens is 283 g/mol. The first-order chi connectivity index (χ1) is 11.4. The minimum absolute atomic E-state index is 0.0917. The van der Waals surface area contributed by atoms with Gasteiger partial charge in [0.25, 0.3) is 0 Å². The van der Waals surface area contributed by atoms with Gasteiger partial charge in [-0.3, -0.25) is 0 Å². The molecule has 3 heteroatoms. The van der Waals surface area contributed by atoms with Crippen molar-refractivity contribution in [3.05, 3.63) is 0 Å². The van der Waals surface area contributed by atoms with Crippen LogP contribution in [0.1, 0.15) is 110 Å². The third-order valence-corrected chi connectivity index (χ3v) is 5.69. The van der Waals surface area contributed by atoms with Gasteiger partial charge in [0.2, 0.25) is 0 Å². The maximum Gasteiger partial charge on any atom is 0.460 e. The van der Waals surface area contributed by atoms with Gasteiger partial charge in [0.1, 0.15) is 0 Å². The van der Waals surface area contributed by atoms with Gasteiger partial charge in [0, 0.05) is 12.7 Å². The molecule has 2 rings (SSSR count). The monoisotopic (exact) mass is 322 g/mol. The van der Waals surface area contributed by atoms with E-state index in [1.807, 2.05) is 0 Å². The van der Waals surface area contributed by atoms with Crippen LogP contribution in [0.2, 0.25) is 5.82 Å². The summed E-state index contributed by atoms with van der Waals surface area (Å²) in [6.07, 6.45) is 21.8. The van der Waals surface area contributed by atoms with Crippen LogP contribution < -0.4 is 0 Å². The zero-order valence-corrected chi connectivity index (χ0v) is 15.6. The average molecular weight is 322 g/mol. The second kappa shape index (κ2) is 12.4. The van der Waals surface area contributed by atoms with E-state index in [9.17, 15) is 0 Å². The fourth-order valence-electron chi connectivity index (χ4n) is 4.17. The highest BCUT2D eigenvalue weighted by molar-refractivity contribution is 6.46. The van der Waals surface area contributed by atoms with Gasteiger partial charge in [-0.25, -0.2) is 0 Å². The van der Waals surface area contributed by atoms with Gasteiger partial charge in [0.05, 0.1) is 0 Å². The minimum Gasteiger partial charge on any atom is -0.411 e. The lowest BCUT2D eigenvalue weighted by Crippen LogP contribution is -2.35. The van der Waals surface area contributed by atoms with Crippen LogP contribution in [-0.4, -0.2) is 19.8 Å². The molecule has 0 aromatic carbocycles. The van der Waals surface area contributed by atoms with Crippen LogP contribution >= 0.6 is 0 Å². The predicted octanol–water partition coefficient (Wildman–Crippen LogP) is 6.54. The van der Waals surface area contributed by atoms with E-state index in [2.05, 4.69) is 6.92 Å². The number of hydrogen-bond acceptors (Lipinski definition) is 2. The molecule has 0 spiro atoms. The van der Waals surface area contributed by atoms with Crippen molar-refractivity contribution in [2.24, 2.45) is 0 Å². The van der Waals surface area contributed by atoms with Crippen molar-refractivity contribution in [2.45, 2.75) is 122 Å². The van der Waals surface area contributed by atoms with E-state index in [4.69, 9.17) is 9.31 Å². The Hall–Kier alpha value is -0.0151. The molecule has 2 nitrogen and oxygen atoms in total. The van der Waals surface area contributed by atoms with Crippen molar-refractivity contribution < 1.29 is 9.31 Å². The van der Waals surface area contributed by atoms with E-state index in [1.54, 1.807) is 0 Å². The second-order valence-electron chi connectivity index (χ2n) is 7.80. The van der Waals surface area contributed by atoms with Gasteiger partial charge >= 0.3 is 7.12 Å². The molecule has 0 saturated heterocycles. The lowest BCUT2D eigenvalue weighted by atomic mass is 9.64. The van der Waals surface area contributed by atoms with Crippen LogP contribution in [0.25, 0.3) is 0 Å². The normalized spacial score (nSPS) is 20.7. The number of rotatable bonds is 11. The van der Waals surface area contributed by atoms with Gasteiger partial charge in [-0.2, -0.15) is 0 Å².